The molecule has 7 heteroatoms. The fraction of sp³-hybridized carbons (Fsp3) is 0.182. The number of rotatable bonds is 4. The molecule has 0 atom stereocenters. The van der Waals surface area contributed by atoms with E-state index in [1.54, 1.807) is 18.2 Å². The Morgan fingerprint density at radius 1 is 0.931 bits per heavy atom. The molecule has 1 aliphatic rings. The minimum absolute atomic E-state index is 0.116. The zero-order chi connectivity index (χ0) is 20.1. The summed E-state index contributed by atoms with van der Waals surface area (Å²) in [5.41, 5.74) is 2.66. The molecule has 2 aromatic carbocycles. The third-order valence-electron chi connectivity index (χ3n) is 4.87. The minimum Gasteiger partial charge on any atom is -0.368 e. The normalized spacial score (nSPS) is 13.6. The van der Waals surface area contributed by atoms with Gasteiger partial charge in [-0.25, -0.2) is 9.97 Å². The van der Waals surface area contributed by atoms with Crippen molar-refractivity contribution in [2.24, 2.45) is 0 Å². The molecule has 29 heavy (non-hydrogen) atoms. The molecule has 144 valence electrons. The van der Waals surface area contributed by atoms with Gasteiger partial charge >= 0.3 is 0 Å². The lowest BCUT2D eigenvalue weighted by atomic mass is 10.2. The van der Waals surface area contributed by atoms with Gasteiger partial charge in [-0.3, -0.25) is 4.79 Å². The lowest BCUT2D eigenvalue weighted by Gasteiger charge is -2.35. The fourth-order valence-electron chi connectivity index (χ4n) is 3.30. The maximum absolute atomic E-state index is 12.8. The van der Waals surface area contributed by atoms with Crippen molar-refractivity contribution in [2.45, 2.75) is 0 Å². The summed E-state index contributed by atoms with van der Waals surface area (Å²) in [6.07, 6.45) is 2.99. The molecule has 4 rings (SSSR count). The Morgan fingerprint density at radius 3 is 2.34 bits per heavy atom. The molecule has 0 bridgehead atoms. The van der Waals surface area contributed by atoms with Crippen molar-refractivity contribution < 1.29 is 4.79 Å². The summed E-state index contributed by atoms with van der Waals surface area (Å²) in [5, 5.41) is 12.2. The molecule has 0 aliphatic carbocycles. The Kier molecular flexibility index (Phi) is 5.34. The predicted molar refractivity (Wildman–Crippen MR) is 111 cm³/mol. The van der Waals surface area contributed by atoms with Gasteiger partial charge in [-0.1, -0.05) is 30.3 Å². The Bertz CT molecular complexity index is 1020. The molecule has 1 aliphatic heterocycles. The highest BCUT2D eigenvalue weighted by Crippen LogP contribution is 2.19. The third-order valence-corrected chi connectivity index (χ3v) is 4.87. The van der Waals surface area contributed by atoms with Gasteiger partial charge in [-0.05, 0) is 24.3 Å². The molecule has 1 N–H and O–H groups in total. The van der Waals surface area contributed by atoms with E-state index in [4.69, 9.17) is 5.26 Å². The molecule has 7 nitrogen and oxygen atoms in total. The Balaban J connectivity index is 1.38. The average Bonchev–Trinajstić information content (AvgIpc) is 2.80. The maximum Gasteiger partial charge on any atom is 0.274 e. The summed E-state index contributed by atoms with van der Waals surface area (Å²) in [6, 6.07) is 19.5. The predicted octanol–water partition coefficient (Wildman–Crippen LogP) is 3.05. The van der Waals surface area contributed by atoms with Crippen LogP contribution in [0.1, 0.15) is 16.1 Å². The van der Waals surface area contributed by atoms with E-state index in [1.165, 1.54) is 18.1 Å². The van der Waals surface area contributed by atoms with Gasteiger partial charge < -0.3 is 15.1 Å². The summed E-state index contributed by atoms with van der Waals surface area (Å²) in [6.45, 7) is 2.86. The summed E-state index contributed by atoms with van der Waals surface area (Å²) < 4.78 is 0. The second-order valence-electron chi connectivity index (χ2n) is 6.68. The van der Waals surface area contributed by atoms with Crippen molar-refractivity contribution in [3.8, 4) is 6.07 Å². The molecule has 0 saturated carbocycles. The third kappa shape index (κ3) is 4.17. The number of hydrogen-bond acceptors (Lipinski definition) is 6. The monoisotopic (exact) mass is 384 g/mol. The molecule has 0 unspecified atom stereocenters. The summed E-state index contributed by atoms with van der Waals surface area (Å²) in [5.74, 6) is 0.368. The lowest BCUT2D eigenvalue weighted by Crippen LogP contribution is -2.49. The van der Waals surface area contributed by atoms with Gasteiger partial charge in [0.1, 0.15) is 17.6 Å². The van der Waals surface area contributed by atoms with Crippen LogP contribution in [0.5, 0.6) is 0 Å². The number of para-hydroxylation sites is 2. The first kappa shape index (κ1) is 18.4. The van der Waals surface area contributed by atoms with Crippen molar-refractivity contribution >= 4 is 23.1 Å². The SMILES string of the molecule is N#Cc1ccccc1Nc1cnc(C(=O)N2CCN(c3ccccc3)CC2)cn1. The minimum atomic E-state index is -0.116. The number of anilines is 3. The highest BCUT2D eigenvalue weighted by Gasteiger charge is 2.23. The number of benzene rings is 2. The van der Waals surface area contributed by atoms with Crippen LogP contribution in [0.25, 0.3) is 0 Å². The molecule has 1 aromatic heterocycles. The molecule has 1 saturated heterocycles. The summed E-state index contributed by atoms with van der Waals surface area (Å²) in [4.78, 5) is 25.4. The number of carbonyl (C=O) groups excluding carboxylic acids is 1. The number of nitrogens with one attached hydrogen (secondary N) is 1. The first-order chi connectivity index (χ1) is 14.2. The van der Waals surface area contributed by atoms with Gasteiger partial charge in [-0.2, -0.15) is 5.26 Å². The van der Waals surface area contributed by atoms with Gasteiger partial charge in [0.15, 0.2) is 0 Å². The van der Waals surface area contributed by atoms with Crippen LogP contribution in [0.2, 0.25) is 0 Å². The van der Waals surface area contributed by atoms with Gasteiger partial charge in [-0.15, -0.1) is 0 Å². The molecule has 0 radical (unpaired) electrons. The highest BCUT2D eigenvalue weighted by atomic mass is 16.2. The van der Waals surface area contributed by atoms with Gasteiger partial charge in [0.05, 0.1) is 23.6 Å². The van der Waals surface area contributed by atoms with Crippen LogP contribution in [0, 0.1) is 11.3 Å². The Hall–Kier alpha value is -3.92. The standard InChI is InChI=1S/C22H20N6O/c23-14-17-6-4-5-9-19(17)26-21-16-24-20(15-25-21)22(29)28-12-10-27(11-13-28)18-7-2-1-3-8-18/h1-9,15-16H,10-13H2,(H,25,26). The van der Waals surface area contributed by atoms with E-state index in [0.717, 1.165) is 13.1 Å². The second-order valence-corrected chi connectivity index (χ2v) is 6.68. The van der Waals surface area contributed by atoms with Crippen LogP contribution in [0.4, 0.5) is 17.2 Å². The fourth-order valence-corrected chi connectivity index (χ4v) is 3.30. The molecule has 2 heterocycles. The van der Waals surface area contributed by atoms with E-state index in [2.05, 4.69) is 38.4 Å². The van der Waals surface area contributed by atoms with Crippen molar-refractivity contribution in [1.82, 2.24) is 14.9 Å². The number of nitrogens with zero attached hydrogens (tertiary/aromatic N) is 5. The topological polar surface area (TPSA) is 85.1 Å². The van der Waals surface area contributed by atoms with E-state index in [9.17, 15) is 4.79 Å². The zero-order valence-corrected chi connectivity index (χ0v) is 15.8. The van der Waals surface area contributed by atoms with E-state index >= 15 is 0 Å². The number of piperazine rings is 1. The van der Waals surface area contributed by atoms with E-state index in [-0.39, 0.29) is 5.91 Å². The lowest BCUT2D eigenvalue weighted by molar-refractivity contribution is 0.0740. The van der Waals surface area contributed by atoms with E-state index in [0.29, 0.717) is 35.9 Å². The second kappa shape index (κ2) is 8.40. The summed E-state index contributed by atoms with van der Waals surface area (Å²) >= 11 is 0. The van der Waals surface area contributed by atoms with Crippen LogP contribution in [-0.4, -0.2) is 47.0 Å². The molecule has 1 fully saturated rings. The number of aromatic nitrogens is 2. The smallest absolute Gasteiger partial charge is 0.274 e. The van der Waals surface area contributed by atoms with Crippen molar-refractivity contribution in [3.63, 3.8) is 0 Å². The van der Waals surface area contributed by atoms with Gasteiger partial charge in [0, 0.05) is 31.9 Å². The first-order valence-corrected chi connectivity index (χ1v) is 9.42. The Labute approximate surface area is 169 Å². The van der Waals surface area contributed by atoms with Crippen LogP contribution in [-0.2, 0) is 0 Å². The van der Waals surface area contributed by atoms with Crippen LogP contribution in [0.3, 0.4) is 0 Å². The van der Waals surface area contributed by atoms with E-state index in [1.807, 2.05) is 29.2 Å². The number of carbonyl (C=O) groups is 1. The van der Waals surface area contributed by atoms with Gasteiger partial charge in [0.25, 0.3) is 5.91 Å². The van der Waals surface area contributed by atoms with Crippen LogP contribution in [0.15, 0.2) is 67.0 Å². The van der Waals surface area contributed by atoms with Crippen molar-refractivity contribution in [2.75, 3.05) is 36.4 Å². The Morgan fingerprint density at radius 2 is 1.66 bits per heavy atom. The van der Waals surface area contributed by atoms with E-state index < -0.39 is 0 Å². The highest BCUT2D eigenvalue weighted by molar-refractivity contribution is 5.92. The molecule has 1 amide bonds. The maximum atomic E-state index is 12.8. The van der Waals surface area contributed by atoms with Crippen LogP contribution < -0.4 is 10.2 Å². The molecule has 3 aromatic rings. The van der Waals surface area contributed by atoms with Gasteiger partial charge in [0.2, 0.25) is 0 Å². The average molecular weight is 384 g/mol. The summed E-state index contributed by atoms with van der Waals surface area (Å²) in [7, 11) is 0. The zero-order valence-electron chi connectivity index (χ0n) is 15.8. The largest absolute Gasteiger partial charge is 0.368 e. The van der Waals surface area contributed by atoms with Crippen molar-refractivity contribution in [3.05, 3.63) is 78.2 Å². The number of nitriles is 1. The van der Waals surface area contributed by atoms with Crippen molar-refractivity contribution in [1.29, 1.82) is 5.26 Å². The number of amides is 1. The number of hydrogen-bond donors (Lipinski definition) is 1. The van der Waals surface area contributed by atoms with Crippen LogP contribution >= 0.6 is 0 Å². The molecular formula is C22H20N6O. The quantitative estimate of drug-likeness (QED) is 0.744. The first-order valence-electron chi connectivity index (χ1n) is 9.42. The molecule has 0 spiro atoms. The molecular weight excluding hydrogens is 364 g/mol.